The van der Waals surface area contributed by atoms with Crippen molar-refractivity contribution < 1.29 is 14.7 Å². The largest absolute Gasteiger partial charge is 0.481 e. The molecule has 2 aromatic rings. The average Bonchev–Trinajstić information content (AvgIpc) is 3.16. The standard InChI is InChI=1S/C17H15Cl2NO3S/c18-9-1-2-10-12(7-9)24-14(13(10)19)15(21)20-5-3-17(4-6-20)8-11(17)16(22)23/h1-2,7,11H,3-6,8H2,(H,22,23). The Morgan fingerprint density at radius 2 is 1.96 bits per heavy atom. The maximum Gasteiger partial charge on any atom is 0.307 e. The van der Waals surface area contributed by atoms with Crippen molar-refractivity contribution in [2.24, 2.45) is 11.3 Å². The minimum absolute atomic E-state index is 0.0697. The third-order valence-corrected chi connectivity index (χ3v) is 7.20. The molecule has 1 atom stereocenters. The summed E-state index contributed by atoms with van der Waals surface area (Å²) >= 11 is 13.8. The lowest BCUT2D eigenvalue weighted by atomic mass is 9.91. The number of rotatable bonds is 2. The van der Waals surface area contributed by atoms with Crippen LogP contribution in [-0.2, 0) is 4.79 Å². The lowest BCUT2D eigenvalue weighted by molar-refractivity contribution is -0.139. The summed E-state index contributed by atoms with van der Waals surface area (Å²) in [6.07, 6.45) is 2.25. The topological polar surface area (TPSA) is 57.6 Å². The zero-order chi connectivity index (χ0) is 17.1. The Kier molecular flexibility index (Phi) is 3.79. The first-order valence-electron chi connectivity index (χ1n) is 7.81. The van der Waals surface area contributed by atoms with E-state index in [0.29, 0.717) is 28.0 Å². The third kappa shape index (κ3) is 2.50. The number of likely N-dealkylation sites (tertiary alicyclic amines) is 1. The number of hydrogen-bond donors (Lipinski definition) is 1. The molecular formula is C17H15Cl2NO3S. The SMILES string of the molecule is O=C(O)C1CC12CCN(C(=O)c1sc3cc(Cl)ccc3c1Cl)CC2. The van der Waals surface area contributed by atoms with E-state index in [4.69, 9.17) is 28.3 Å². The molecule has 0 bridgehead atoms. The number of fused-ring (bicyclic) bond motifs is 1. The van der Waals surface area contributed by atoms with Gasteiger partial charge in [0.25, 0.3) is 5.91 Å². The van der Waals surface area contributed by atoms with Crippen LogP contribution in [0.2, 0.25) is 10.0 Å². The van der Waals surface area contributed by atoms with Gasteiger partial charge in [-0.1, -0.05) is 29.3 Å². The van der Waals surface area contributed by atoms with Crippen molar-refractivity contribution in [2.75, 3.05) is 13.1 Å². The number of benzene rings is 1. The zero-order valence-electron chi connectivity index (χ0n) is 12.7. The minimum atomic E-state index is -0.709. The average molecular weight is 384 g/mol. The molecule has 1 aliphatic heterocycles. The lowest BCUT2D eigenvalue weighted by Crippen LogP contribution is -2.39. The maximum absolute atomic E-state index is 12.8. The van der Waals surface area contributed by atoms with Crippen molar-refractivity contribution in [1.29, 1.82) is 0 Å². The molecule has 1 unspecified atom stereocenters. The number of carboxylic acids is 1. The number of carbonyl (C=O) groups excluding carboxylic acids is 1. The predicted octanol–water partition coefficient (Wildman–Crippen LogP) is 4.54. The van der Waals surface area contributed by atoms with Gasteiger partial charge in [-0.3, -0.25) is 9.59 Å². The molecule has 1 aromatic heterocycles. The summed E-state index contributed by atoms with van der Waals surface area (Å²) in [7, 11) is 0. The van der Waals surface area contributed by atoms with E-state index < -0.39 is 5.97 Å². The Balaban J connectivity index is 1.53. The van der Waals surface area contributed by atoms with Gasteiger partial charge in [0.2, 0.25) is 0 Å². The van der Waals surface area contributed by atoms with Crippen LogP contribution in [0.25, 0.3) is 10.1 Å². The van der Waals surface area contributed by atoms with E-state index >= 15 is 0 Å². The lowest BCUT2D eigenvalue weighted by Gasteiger charge is -2.32. The van der Waals surface area contributed by atoms with Crippen molar-refractivity contribution in [1.82, 2.24) is 4.90 Å². The number of amides is 1. The van der Waals surface area contributed by atoms with E-state index in [2.05, 4.69) is 0 Å². The van der Waals surface area contributed by atoms with Crippen molar-refractivity contribution in [3.63, 3.8) is 0 Å². The highest BCUT2D eigenvalue weighted by molar-refractivity contribution is 7.21. The van der Waals surface area contributed by atoms with Crippen LogP contribution in [-0.4, -0.2) is 35.0 Å². The van der Waals surface area contributed by atoms with E-state index in [9.17, 15) is 9.59 Å². The van der Waals surface area contributed by atoms with Gasteiger partial charge in [-0.25, -0.2) is 0 Å². The van der Waals surface area contributed by atoms with Gasteiger partial charge in [-0.2, -0.15) is 0 Å². The number of thiophene rings is 1. The first-order chi connectivity index (χ1) is 11.4. The number of carboxylic acid groups (broad SMARTS) is 1. The van der Waals surface area contributed by atoms with E-state index in [0.717, 1.165) is 29.3 Å². The van der Waals surface area contributed by atoms with Gasteiger partial charge in [0.15, 0.2) is 0 Å². The second-order valence-electron chi connectivity index (χ2n) is 6.64. The molecule has 2 aliphatic rings. The normalized spacial score (nSPS) is 22.1. The summed E-state index contributed by atoms with van der Waals surface area (Å²) in [5.74, 6) is -1.01. The molecule has 4 rings (SSSR count). The molecule has 126 valence electrons. The molecule has 1 aromatic carbocycles. The molecule has 2 heterocycles. The first-order valence-corrected chi connectivity index (χ1v) is 9.38. The first kappa shape index (κ1) is 16.2. The summed E-state index contributed by atoms with van der Waals surface area (Å²) in [6.45, 7) is 1.18. The van der Waals surface area contributed by atoms with Crippen LogP contribution < -0.4 is 0 Å². The van der Waals surface area contributed by atoms with Gasteiger partial charge in [0.05, 0.1) is 10.9 Å². The molecule has 1 saturated heterocycles. The third-order valence-electron chi connectivity index (χ3n) is 5.32. The smallest absolute Gasteiger partial charge is 0.307 e. The highest BCUT2D eigenvalue weighted by Crippen LogP contribution is 2.59. The molecule has 1 saturated carbocycles. The fraction of sp³-hybridized carbons (Fsp3) is 0.412. The number of piperidine rings is 1. The Labute approximate surface area is 153 Å². The molecule has 4 nitrogen and oxygen atoms in total. The Bertz CT molecular complexity index is 855. The second kappa shape index (κ2) is 5.61. The molecule has 24 heavy (non-hydrogen) atoms. The highest BCUT2D eigenvalue weighted by atomic mass is 35.5. The number of carbonyl (C=O) groups is 2. The van der Waals surface area contributed by atoms with Gasteiger partial charge in [0.1, 0.15) is 4.88 Å². The Morgan fingerprint density at radius 3 is 2.58 bits per heavy atom. The van der Waals surface area contributed by atoms with Crippen molar-refractivity contribution >= 4 is 56.5 Å². The minimum Gasteiger partial charge on any atom is -0.481 e. The van der Waals surface area contributed by atoms with Gasteiger partial charge in [-0.05, 0) is 36.8 Å². The quantitative estimate of drug-likeness (QED) is 0.828. The fourth-order valence-electron chi connectivity index (χ4n) is 3.72. The number of halogens is 2. The zero-order valence-corrected chi connectivity index (χ0v) is 15.0. The monoisotopic (exact) mass is 383 g/mol. The Morgan fingerprint density at radius 1 is 1.25 bits per heavy atom. The summed E-state index contributed by atoms with van der Waals surface area (Å²) < 4.78 is 0.900. The number of nitrogens with zero attached hydrogens (tertiary/aromatic N) is 1. The molecule has 1 amide bonds. The van der Waals surface area contributed by atoms with Crippen LogP contribution in [0.1, 0.15) is 28.9 Å². The molecule has 2 fully saturated rings. The summed E-state index contributed by atoms with van der Waals surface area (Å²) in [4.78, 5) is 26.3. The van der Waals surface area contributed by atoms with Crippen LogP contribution in [0.4, 0.5) is 0 Å². The number of aliphatic carboxylic acids is 1. The van der Waals surface area contributed by atoms with E-state index in [-0.39, 0.29) is 17.2 Å². The number of hydrogen-bond acceptors (Lipinski definition) is 3. The summed E-state index contributed by atoms with van der Waals surface area (Å²) in [5.41, 5.74) is -0.0832. The molecule has 1 N–H and O–H groups in total. The van der Waals surface area contributed by atoms with Crippen LogP contribution in [0, 0.1) is 11.3 Å². The maximum atomic E-state index is 12.8. The van der Waals surface area contributed by atoms with Gasteiger partial charge < -0.3 is 10.0 Å². The molecule has 7 heteroatoms. The van der Waals surface area contributed by atoms with Crippen LogP contribution >= 0.6 is 34.5 Å². The summed E-state index contributed by atoms with van der Waals surface area (Å²) in [5, 5.41) is 11.1. The van der Waals surface area contributed by atoms with Crippen LogP contribution in [0.3, 0.4) is 0 Å². The predicted molar refractivity (Wildman–Crippen MR) is 95.2 cm³/mol. The van der Waals surface area contributed by atoms with Crippen molar-refractivity contribution in [3.8, 4) is 0 Å². The Hall–Kier alpha value is -1.30. The fourth-order valence-corrected chi connectivity index (χ4v) is 5.48. The second-order valence-corrected chi connectivity index (χ2v) is 8.50. The van der Waals surface area contributed by atoms with Crippen molar-refractivity contribution in [2.45, 2.75) is 19.3 Å². The van der Waals surface area contributed by atoms with E-state index in [1.807, 2.05) is 12.1 Å². The van der Waals surface area contributed by atoms with Gasteiger partial charge >= 0.3 is 5.97 Å². The summed E-state index contributed by atoms with van der Waals surface area (Å²) in [6, 6.07) is 5.41. The van der Waals surface area contributed by atoms with Crippen LogP contribution in [0.15, 0.2) is 18.2 Å². The van der Waals surface area contributed by atoms with Crippen LogP contribution in [0.5, 0.6) is 0 Å². The molecule has 1 spiro atoms. The van der Waals surface area contributed by atoms with Crippen molar-refractivity contribution in [3.05, 3.63) is 33.1 Å². The van der Waals surface area contributed by atoms with Gasteiger partial charge in [0, 0.05) is 28.2 Å². The molecule has 0 radical (unpaired) electrons. The molecular weight excluding hydrogens is 369 g/mol. The molecule has 1 aliphatic carbocycles. The van der Waals surface area contributed by atoms with Gasteiger partial charge in [-0.15, -0.1) is 11.3 Å². The van der Waals surface area contributed by atoms with E-state index in [1.165, 1.54) is 11.3 Å². The highest BCUT2D eigenvalue weighted by Gasteiger charge is 2.59. The van der Waals surface area contributed by atoms with E-state index in [1.54, 1.807) is 11.0 Å².